The Labute approximate surface area is 168 Å². The summed E-state index contributed by atoms with van der Waals surface area (Å²) in [6.07, 6.45) is 2.80. The highest BCUT2D eigenvalue weighted by Crippen LogP contribution is 2.27. The van der Waals surface area contributed by atoms with Crippen molar-refractivity contribution < 1.29 is 14.3 Å². The van der Waals surface area contributed by atoms with E-state index in [-0.39, 0.29) is 11.8 Å². The number of amides is 2. The maximum atomic E-state index is 12.8. The summed E-state index contributed by atoms with van der Waals surface area (Å²) < 4.78 is 5.93. The molecule has 4 rings (SSSR count). The maximum Gasteiger partial charge on any atom is 0.255 e. The smallest absolute Gasteiger partial charge is 0.255 e. The first-order chi connectivity index (χ1) is 14.0. The normalized spacial score (nSPS) is 16.6. The van der Waals surface area contributed by atoms with Gasteiger partial charge in [-0.2, -0.15) is 0 Å². The summed E-state index contributed by atoms with van der Waals surface area (Å²) >= 11 is 0. The highest BCUT2D eigenvalue weighted by Gasteiger charge is 2.28. The lowest BCUT2D eigenvalue weighted by Crippen LogP contribution is -2.42. The molecule has 1 aliphatic rings. The molecule has 1 fully saturated rings. The van der Waals surface area contributed by atoms with Crippen LogP contribution in [-0.2, 0) is 4.74 Å². The molecular formula is C22H22N4O3. The van der Waals surface area contributed by atoms with Gasteiger partial charge >= 0.3 is 0 Å². The highest BCUT2D eigenvalue weighted by atomic mass is 16.5. The number of carbonyl (C=O) groups is 2. The Morgan fingerprint density at radius 3 is 2.76 bits per heavy atom. The molecule has 29 heavy (non-hydrogen) atoms. The average molecular weight is 390 g/mol. The largest absolute Gasteiger partial charge is 0.368 e. The number of hydrogen-bond donors (Lipinski definition) is 0. The van der Waals surface area contributed by atoms with Gasteiger partial charge in [0.1, 0.15) is 6.10 Å². The van der Waals surface area contributed by atoms with Gasteiger partial charge in [0, 0.05) is 38.4 Å². The predicted octanol–water partition coefficient (Wildman–Crippen LogP) is 2.55. The number of morpholine rings is 1. The van der Waals surface area contributed by atoms with Crippen molar-refractivity contribution in [3.63, 3.8) is 0 Å². The summed E-state index contributed by atoms with van der Waals surface area (Å²) in [5, 5.41) is 0.800. The first-order valence-corrected chi connectivity index (χ1v) is 9.47. The Balaban J connectivity index is 1.67. The molecule has 0 saturated carbocycles. The van der Waals surface area contributed by atoms with Crippen molar-refractivity contribution in [3.8, 4) is 0 Å². The second kappa shape index (κ2) is 7.97. The van der Waals surface area contributed by atoms with E-state index in [0.717, 1.165) is 10.9 Å². The first-order valence-electron chi connectivity index (χ1n) is 9.47. The van der Waals surface area contributed by atoms with Gasteiger partial charge in [-0.25, -0.2) is 4.98 Å². The molecule has 0 unspecified atom stereocenters. The molecule has 1 aromatic carbocycles. The second-order valence-electron chi connectivity index (χ2n) is 7.16. The topological polar surface area (TPSA) is 75.6 Å². The van der Waals surface area contributed by atoms with Crippen LogP contribution in [0.3, 0.4) is 0 Å². The summed E-state index contributed by atoms with van der Waals surface area (Å²) in [5.41, 5.74) is 2.50. The van der Waals surface area contributed by atoms with Gasteiger partial charge in [0.2, 0.25) is 0 Å². The van der Waals surface area contributed by atoms with Gasteiger partial charge in [0.15, 0.2) is 0 Å². The molecular weight excluding hydrogens is 368 g/mol. The van der Waals surface area contributed by atoms with Crippen LogP contribution in [0.1, 0.15) is 32.5 Å². The summed E-state index contributed by atoms with van der Waals surface area (Å²) in [6.45, 7) is 1.28. The van der Waals surface area contributed by atoms with Crippen LogP contribution >= 0.6 is 0 Å². The van der Waals surface area contributed by atoms with E-state index < -0.39 is 6.10 Å². The van der Waals surface area contributed by atoms with Crippen LogP contribution < -0.4 is 0 Å². The fraction of sp³-hybridized carbons (Fsp3) is 0.273. The summed E-state index contributed by atoms with van der Waals surface area (Å²) in [7, 11) is 3.45. The van der Waals surface area contributed by atoms with E-state index in [0.29, 0.717) is 36.5 Å². The molecule has 2 amide bonds. The van der Waals surface area contributed by atoms with E-state index in [1.165, 1.54) is 0 Å². The third kappa shape index (κ3) is 3.82. The number of rotatable bonds is 3. The van der Waals surface area contributed by atoms with Crippen LogP contribution in [0, 0.1) is 0 Å². The van der Waals surface area contributed by atoms with E-state index >= 15 is 0 Å². The molecule has 1 saturated heterocycles. The van der Waals surface area contributed by atoms with Gasteiger partial charge in [-0.15, -0.1) is 0 Å². The lowest BCUT2D eigenvalue weighted by molar-refractivity contribution is -0.0246. The monoisotopic (exact) mass is 390 g/mol. The Morgan fingerprint density at radius 1 is 1.17 bits per heavy atom. The Hall–Kier alpha value is -3.32. The minimum absolute atomic E-state index is 0.0863. The summed E-state index contributed by atoms with van der Waals surface area (Å²) in [4.78, 5) is 37.6. The van der Waals surface area contributed by atoms with Crippen molar-refractivity contribution in [1.29, 1.82) is 0 Å². The summed E-state index contributed by atoms with van der Waals surface area (Å²) in [5.74, 6) is -0.180. The number of benzene rings is 1. The molecule has 0 N–H and O–H groups in total. The Morgan fingerprint density at radius 2 is 2.00 bits per heavy atom. The van der Waals surface area contributed by atoms with Crippen molar-refractivity contribution in [3.05, 3.63) is 71.7 Å². The van der Waals surface area contributed by atoms with E-state index in [4.69, 9.17) is 9.72 Å². The standard InChI is InChI=1S/C22H22N4O3/c1-25(2)22(28)17-12-19(24-18-8-4-3-7-16(17)18)20-14-26(10-11-29-20)21(27)15-6-5-9-23-13-15/h3-9,12-13,20H,10-11,14H2,1-2H3/t20-/m1/s1. The molecule has 1 aliphatic heterocycles. The number of carbonyl (C=O) groups excluding carboxylic acids is 2. The first kappa shape index (κ1) is 19.0. The Bertz CT molecular complexity index is 1050. The SMILES string of the molecule is CN(C)C(=O)c1cc([C@H]2CN(C(=O)c3cccnc3)CCO2)nc2ccccc12. The molecule has 1 atom stereocenters. The highest BCUT2D eigenvalue weighted by molar-refractivity contribution is 6.06. The van der Waals surface area contributed by atoms with Gasteiger partial charge in [-0.1, -0.05) is 18.2 Å². The average Bonchev–Trinajstić information content (AvgIpc) is 2.78. The van der Waals surface area contributed by atoms with Gasteiger partial charge in [0.25, 0.3) is 11.8 Å². The van der Waals surface area contributed by atoms with Crippen molar-refractivity contribution in [2.75, 3.05) is 33.8 Å². The maximum absolute atomic E-state index is 12.8. The molecule has 148 valence electrons. The van der Waals surface area contributed by atoms with Crippen molar-refractivity contribution in [2.45, 2.75) is 6.10 Å². The van der Waals surface area contributed by atoms with E-state index in [1.807, 2.05) is 24.3 Å². The van der Waals surface area contributed by atoms with Crippen LogP contribution in [0.25, 0.3) is 10.9 Å². The lowest BCUT2D eigenvalue weighted by atomic mass is 10.0. The molecule has 0 spiro atoms. The molecule has 3 heterocycles. The number of nitrogens with zero attached hydrogens (tertiary/aromatic N) is 4. The van der Waals surface area contributed by atoms with E-state index in [9.17, 15) is 9.59 Å². The zero-order valence-corrected chi connectivity index (χ0v) is 16.4. The summed E-state index contributed by atoms with van der Waals surface area (Å²) in [6, 6.07) is 12.8. The second-order valence-corrected chi connectivity index (χ2v) is 7.16. The Kier molecular flexibility index (Phi) is 5.22. The van der Waals surface area contributed by atoms with Crippen LogP contribution in [-0.4, -0.2) is 65.4 Å². The number of para-hydroxylation sites is 1. The third-order valence-corrected chi connectivity index (χ3v) is 4.96. The van der Waals surface area contributed by atoms with E-state index in [2.05, 4.69) is 4.98 Å². The third-order valence-electron chi connectivity index (χ3n) is 4.96. The van der Waals surface area contributed by atoms with Crippen molar-refractivity contribution in [2.24, 2.45) is 0 Å². The molecule has 2 aromatic heterocycles. The molecule has 7 nitrogen and oxygen atoms in total. The van der Waals surface area contributed by atoms with Crippen LogP contribution in [0.2, 0.25) is 0 Å². The molecule has 0 radical (unpaired) electrons. The molecule has 3 aromatic rings. The number of ether oxygens (including phenoxy) is 1. The number of fused-ring (bicyclic) bond motifs is 1. The van der Waals surface area contributed by atoms with Gasteiger partial charge in [0.05, 0.1) is 35.5 Å². The van der Waals surface area contributed by atoms with Gasteiger partial charge < -0.3 is 14.5 Å². The van der Waals surface area contributed by atoms with Crippen molar-refractivity contribution in [1.82, 2.24) is 19.8 Å². The van der Waals surface area contributed by atoms with Crippen LogP contribution in [0.15, 0.2) is 54.9 Å². The lowest BCUT2D eigenvalue weighted by Gasteiger charge is -2.33. The molecule has 7 heteroatoms. The van der Waals surface area contributed by atoms with E-state index in [1.54, 1.807) is 54.5 Å². The minimum Gasteiger partial charge on any atom is -0.368 e. The predicted molar refractivity (Wildman–Crippen MR) is 109 cm³/mol. The fourth-order valence-corrected chi connectivity index (χ4v) is 3.46. The fourth-order valence-electron chi connectivity index (χ4n) is 3.46. The minimum atomic E-state index is -0.400. The number of pyridine rings is 2. The molecule has 0 bridgehead atoms. The zero-order valence-electron chi connectivity index (χ0n) is 16.4. The number of hydrogen-bond acceptors (Lipinski definition) is 5. The van der Waals surface area contributed by atoms with Gasteiger partial charge in [-0.05, 0) is 24.3 Å². The zero-order chi connectivity index (χ0) is 20.4. The number of aromatic nitrogens is 2. The van der Waals surface area contributed by atoms with Crippen molar-refractivity contribution >= 4 is 22.7 Å². The van der Waals surface area contributed by atoms with Crippen LogP contribution in [0.5, 0.6) is 0 Å². The van der Waals surface area contributed by atoms with Crippen LogP contribution in [0.4, 0.5) is 0 Å². The van der Waals surface area contributed by atoms with Gasteiger partial charge in [-0.3, -0.25) is 14.6 Å². The molecule has 0 aliphatic carbocycles. The quantitative estimate of drug-likeness (QED) is 0.687.